The molecule has 0 aliphatic heterocycles. The van der Waals surface area contributed by atoms with Crippen LogP contribution in [0.1, 0.15) is 30.0 Å². The van der Waals surface area contributed by atoms with E-state index in [1.54, 1.807) is 7.11 Å². The lowest BCUT2D eigenvalue weighted by Gasteiger charge is -2.14. The van der Waals surface area contributed by atoms with Crippen LogP contribution >= 0.6 is 0 Å². The highest BCUT2D eigenvalue weighted by molar-refractivity contribution is 5.43. The molecule has 120 valence electrons. The van der Waals surface area contributed by atoms with Crippen molar-refractivity contribution in [3.05, 3.63) is 28.8 Å². The van der Waals surface area contributed by atoms with Gasteiger partial charge in [-0.1, -0.05) is 19.1 Å². The summed E-state index contributed by atoms with van der Waals surface area (Å²) >= 11 is 0. The topological polar surface area (TPSA) is 39.7 Å². The zero-order chi connectivity index (χ0) is 15.5. The zero-order valence-corrected chi connectivity index (χ0v) is 13.8. The summed E-state index contributed by atoms with van der Waals surface area (Å²) in [5.74, 6) is 0.982. The van der Waals surface area contributed by atoms with E-state index in [0.29, 0.717) is 13.2 Å². The van der Waals surface area contributed by atoms with Crippen molar-refractivity contribution >= 4 is 0 Å². The average Bonchev–Trinajstić information content (AvgIpc) is 2.46. The number of hydrogen-bond acceptors (Lipinski definition) is 4. The van der Waals surface area contributed by atoms with E-state index in [1.807, 2.05) is 0 Å². The van der Waals surface area contributed by atoms with Gasteiger partial charge in [0.05, 0.1) is 13.2 Å². The number of nitrogens with one attached hydrogen (secondary N) is 1. The zero-order valence-electron chi connectivity index (χ0n) is 13.8. The van der Waals surface area contributed by atoms with Crippen LogP contribution in [-0.2, 0) is 16.0 Å². The van der Waals surface area contributed by atoms with E-state index < -0.39 is 0 Å². The van der Waals surface area contributed by atoms with E-state index in [1.165, 1.54) is 16.7 Å². The van der Waals surface area contributed by atoms with Crippen molar-refractivity contribution in [1.29, 1.82) is 0 Å². The number of hydrogen-bond donors (Lipinski definition) is 1. The Balaban J connectivity index is 2.46. The molecule has 4 nitrogen and oxygen atoms in total. The van der Waals surface area contributed by atoms with Crippen LogP contribution in [0.5, 0.6) is 5.75 Å². The van der Waals surface area contributed by atoms with Crippen molar-refractivity contribution in [3.63, 3.8) is 0 Å². The SMILES string of the molecule is CCCOCCOc1c(C)cc(CNCCOC)cc1C. The number of methoxy groups -OCH3 is 1. The molecule has 0 unspecified atom stereocenters. The van der Waals surface area contributed by atoms with Crippen molar-refractivity contribution in [1.82, 2.24) is 5.32 Å². The summed E-state index contributed by atoms with van der Waals surface area (Å²) in [6.07, 6.45) is 1.04. The minimum atomic E-state index is 0.604. The Morgan fingerprint density at radius 1 is 1.00 bits per heavy atom. The number of rotatable bonds is 11. The lowest BCUT2D eigenvalue weighted by molar-refractivity contribution is 0.100. The molecule has 1 aromatic carbocycles. The summed E-state index contributed by atoms with van der Waals surface area (Å²) < 4.78 is 16.3. The first-order valence-corrected chi connectivity index (χ1v) is 7.69. The van der Waals surface area contributed by atoms with Gasteiger partial charge in [0.25, 0.3) is 0 Å². The maximum Gasteiger partial charge on any atom is 0.125 e. The third kappa shape index (κ3) is 6.93. The van der Waals surface area contributed by atoms with Crippen LogP contribution in [0.4, 0.5) is 0 Å². The molecule has 0 spiro atoms. The fourth-order valence-corrected chi connectivity index (χ4v) is 2.23. The van der Waals surface area contributed by atoms with Gasteiger partial charge in [0, 0.05) is 26.8 Å². The molecular formula is C17H29NO3. The monoisotopic (exact) mass is 295 g/mol. The van der Waals surface area contributed by atoms with Gasteiger partial charge < -0.3 is 19.5 Å². The summed E-state index contributed by atoms with van der Waals surface area (Å²) in [6, 6.07) is 4.35. The fraction of sp³-hybridized carbons (Fsp3) is 0.647. The van der Waals surface area contributed by atoms with Gasteiger partial charge in [-0.15, -0.1) is 0 Å². The Labute approximate surface area is 128 Å². The van der Waals surface area contributed by atoms with Crippen LogP contribution in [0, 0.1) is 13.8 Å². The van der Waals surface area contributed by atoms with E-state index in [0.717, 1.165) is 38.5 Å². The summed E-state index contributed by atoms with van der Waals surface area (Å²) in [7, 11) is 1.71. The van der Waals surface area contributed by atoms with Crippen LogP contribution in [0.2, 0.25) is 0 Å². The second kappa shape index (κ2) is 10.6. The van der Waals surface area contributed by atoms with Gasteiger partial charge in [0.2, 0.25) is 0 Å². The molecule has 1 N–H and O–H groups in total. The molecule has 1 rings (SSSR count). The molecule has 0 fully saturated rings. The summed E-state index contributed by atoms with van der Waals surface area (Å²) in [5, 5.41) is 3.36. The summed E-state index contributed by atoms with van der Waals surface area (Å²) in [5.41, 5.74) is 3.62. The average molecular weight is 295 g/mol. The Kier molecular flexibility index (Phi) is 9.06. The fourth-order valence-electron chi connectivity index (χ4n) is 2.23. The molecular weight excluding hydrogens is 266 g/mol. The van der Waals surface area contributed by atoms with Crippen molar-refractivity contribution in [2.24, 2.45) is 0 Å². The van der Waals surface area contributed by atoms with Gasteiger partial charge in [-0.25, -0.2) is 0 Å². The van der Waals surface area contributed by atoms with Crippen molar-refractivity contribution in [3.8, 4) is 5.75 Å². The molecule has 0 aromatic heterocycles. The highest BCUT2D eigenvalue weighted by Gasteiger charge is 2.06. The lowest BCUT2D eigenvalue weighted by Crippen LogP contribution is -2.18. The summed E-state index contributed by atoms with van der Waals surface area (Å²) in [6.45, 7) is 10.8. The highest BCUT2D eigenvalue weighted by atomic mass is 16.5. The van der Waals surface area contributed by atoms with Crippen LogP contribution in [0.25, 0.3) is 0 Å². The van der Waals surface area contributed by atoms with Crippen molar-refractivity contribution in [2.75, 3.05) is 40.1 Å². The van der Waals surface area contributed by atoms with Crippen LogP contribution < -0.4 is 10.1 Å². The molecule has 0 saturated carbocycles. The van der Waals surface area contributed by atoms with Crippen molar-refractivity contribution in [2.45, 2.75) is 33.7 Å². The molecule has 0 heterocycles. The predicted molar refractivity (Wildman–Crippen MR) is 86.1 cm³/mol. The molecule has 0 bridgehead atoms. The van der Waals surface area contributed by atoms with E-state index in [2.05, 4.69) is 38.2 Å². The number of ether oxygens (including phenoxy) is 3. The minimum absolute atomic E-state index is 0.604. The molecule has 0 aliphatic rings. The third-order valence-corrected chi connectivity index (χ3v) is 3.15. The van der Waals surface area contributed by atoms with Crippen LogP contribution in [0.3, 0.4) is 0 Å². The van der Waals surface area contributed by atoms with Gasteiger partial charge in [-0.05, 0) is 37.0 Å². The molecule has 0 aliphatic carbocycles. The minimum Gasteiger partial charge on any atom is -0.491 e. The smallest absolute Gasteiger partial charge is 0.125 e. The van der Waals surface area contributed by atoms with Gasteiger partial charge in [-0.3, -0.25) is 0 Å². The Morgan fingerprint density at radius 3 is 2.33 bits per heavy atom. The Hall–Kier alpha value is -1.10. The molecule has 0 atom stereocenters. The van der Waals surface area contributed by atoms with E-state index in [9.17, 15) is 0 Å². The van der Waals surface area contributed by atoms with Gasteiger partial charge >= 0.3 is 0 Å². The second-order valence-electron chi connectivity index (χ2n) is 5.19. The van der Waals surface area contributed by atoms with Crippen LogP contribution in [-0.4, -0.2) is 40.1 Å². The molecule has 0 amide bonds. The maximum atomic E-state index is 5.85. The first-order valence-electron chi connectivity index (χ1n) is 7.69. The van der Waals surface area contributed by atoms with E-state index in [4.69, 9.17) is 14.2 Å². The molecule has 0 radical (unpaired) electrons. The maximum absolute atomic E-state index is 5.85. The third-order valence-electron chi connectivity index (χ3n) is 3.15. The highest BCUT2D eigenvalue weighted by Crippen LogP contribution is 2.24. The Morgan fingerprint density at radius 2 is 1.71 bits per heavy atom. The quantitative estimate of drug-likeness (QED) is 0.637. The predicted octanol–water partition coefficient (Wildman–Crippen LogP) is 2.84. The van der Waals surface area contributed by atoms with Gasteiger partial charge in [0.15, 0.2) is 0 Å². The second-order valence-corrected chi connectivity index (χ2v) is 5.19. The summed E-state index contributed by atoms with van der Waals surface area (Å²) in [4.78, 5) is 0. The van der Waals surface area contributed by atoms with Crippen LogP contribution in [0.15, 0.2) is 12.1 Å². The molecule has 0 saturated heterocycles. The molecule has 1 aromatic rings. The number of aryl methyl sites for hydroxylation is 2. The van der Waals surface area contributed by atoms with E-state index in [-0.39, 0.29) is 0 Å². The van der Waals surface area contributed by atoms with Gasteiger partial charge in [0.1, 0.15) is 12.4 Å². The number of benzene rings is 1. The first-order chi connectivity index (χ1) is 10.2. The lowest BCUT2D eigenvalue weighted by atomic mass is 10.1. The molecule has 4 heteroatoms. The van der Waals surface area contributed by atoms with E-state index >= 15 is 0 Å². The van der Waals surface area contributed by atoms with Gasteiger partial charge in [-0.2, -0.15) is 0 Å². The normalized spacial score (nSPS) is 10.9. The standard InChI is InChI=1S/C17H29NO3/c1-5-7-20-9-10-21-17-14(2)11-16(12-15(17)3)13-18-6-8-19-4/h11-12,18H,5-10,13H2,1-4H3. The largest absolute Gasteiger partial charge is 0.491 e. The Bertz CT molecular complexity index is 384. The molecule has 21 heavy (non-hydrogen) atoms. The van der Waals surface area contributed by atoms with Crippen molar-refractivity contribution < 1.29 is 14.2 Å². The first kappa shape index (κ1) is 18.0.